The van der Waals surface area contributed by atoms with E-state index in [4.69, 9.17) is 4.74 Å². The van der Waals surface area contributed by atoms with E-state index in [-0.39, 0.29) is 0 Å². The van der Waals surface area contributed by atoms with E-state index in [9.17, 15) is 0 Å². The summed E-state index contributed by atoms with van der Waals surface area (Å²) in [5.74, 6) is 0.906. The predicted molar refractivity (Wildman–Crippen MR) is 88.5 cm³/mol. The van der Waals surface area contributed by atoms with Crippen molar-refractivity contribution >= 4 is 21.6 Å². The first-order valence-electron chi connectivity index (χ1n) is 6.88. The van der Waals surface area contributed by atoms with E-state index in [2.05, 4.69) is 58.5 Å². The van der Waals surface area contributed by atoms with Gasteiger partial charge in [0.05, 0.1) is 7.11 Å². The maximum atomic E-state index is 5.38. The van der Waals surface area contributed by atoms with Crippen molar-refractivity contribution < 1.29 is 4.74 Å². The van der Waals surface area contributed by atoms with Crippen molar-refractivity contribution in [1.29, 1.82) is 0 Å². The van der Waals surface area contributed by atoms with Gasteiger partial charge in [-0.1, -0.05) is 41.4 Å². The van der Waals surface area contributed by atoms with Gasteiger partial charge in [-0.05, 0) is 42.3 Å². The van der Waals surface area contributed by atoms with Crippen molar-refractivity contribution in [3.8, 4) is 5.75 Å². The normalized spacial score (nSPS) is 10.3. The average molecular weight is 334 g/mol. The summed E-state index contributed by atoms with van der Waals surface area (Å²) < 4.78 is 6.44. The highest BCUT2D eigenvalue weighted by molar-refractivity contribution is 9.10. The fraction of sp³-hybridized carbons (Fsp3) is 0.294. The molecule has 0 aliphatic heterocycles. The van der Waals surface area contributed by atoms with Crippen LogP contribution in [0.25, 0.3) is 0 Å². The summed E-state index contributed by atoms with van der Waals surface area (Å²) >= 11 is 3.50. The lowest BCUT2D eigenvalue weighted by Gasteiger charge is -2.11. The van der Waals surface area contributed by atoms with Gasteiger partial charge in [-0.15, -0.1) is 0 Å². The molecule has 0 saturated heterocycles. The number of ether oxygens (including phenoxy) is 1. The Bertz CT molecular complexity index is 551. The molecule has 20 heavy (non-hydrogen) atoms. The Balaban J connectivity index is 2.02. The van der Waals surface area contributed by atoms with E-state index >= 15 is 0 Å². The highest BCUT2D eigenvalue weighted by Crippen LogP contribution is 2.24. The van der Waals surface area contributed by atoms with Crippen LogP contribution in [-0.4, -0.2) is 7.11 Å². The van der Waals surface area contributed by atoms with Gasteiger partial charge in [-0.2, -0.15) is 0 Å². The summed E-state index contributed by atoms with van der Waals surface area (Å²) in [5.41, 5.74) is 3.66. The van der Waals surface area contributed by atoms with Crippen LogP contribution in [0, 0.1) is 0 Å². The molecule has 0 amide bonds. The van der Waals surface area contributed by atoms with Crippen LogP contribution in [0.2, 0.25) is 0 Å². The third-order valence-corrected chi connectivity index (χ3v) is 3.71. The zero-order valence-electron chi connectivity index (χ0n) is 11.9. The maximum absolute atomic E-state index is 5.38. The molecule has 0 bridgehead atoms. The van der Waals surface area contributed by atoms with Crippen molar-refractivity contribution in [2.45, 2.75) is 26.3 Å². The topological polar surface area (TPSA) is 21.3 Å². The SMILES string of the molecule is CCCc1ccc(NCc2cc(Br)ccc2OC)cc1. The molecule has 0 heterocycles. The van der Waals surface area contributed by atoms with Crippen LogP contribution >= 0.6 is 15.9 Å². The van der Waals surface area contributed by atoms with E-state index < -0.39 is 0 Å². The first-order chi connectivity index (χ1) is 9.72. The van der Waals surface area contributed by atoms with Gasteiger partial charge in [0.1, 0.15) is 5.75 Å². The van der Waals surface area contributed by atoms with Gasteiger partial charge in [0.25, 0.3) is 0 Å². The number of aryl methyl sites for hydroxylation is 1. The van der Waals surface area contributed by atoms with Crippen LogP contribution in [0.4, 0.5) is 5.69 Å². The summed E-state index contributed by atoms with van der Waals surface area (Å²) in [7, 11) is 1.70. The second-order valence-corrected chi connectivity index (χ2v) is 5.67. The predicted octanol–water partition coefficient (Wildman–Crippen LogP) is 5.02. The van der Waals surface area contributed by atoms with Crippen molar-refractivity contribution in [3.05, 3.63) is 58.1 Å². The molecular weight excluding hydrogens is 314 g/mol. The van der Waals surface area contributed by atoms with Gasteiger partial charge in [0, 0.05) is 22.3 Å². The molecule has 0 spiro atoms. The summed E-state index contributed by atoms with van der Waals surface area (Å²) in [6.45, 7) is 2.95. The molecule has 0 aromatic heterocycles. The molecule has 0 aliphatic carbocycles. The highest BCUT2D eigenvalue weighted by atomic mass is 79.9. The van der Waals surface area contributed by atoms with Crippen molar-refractivity contribution in [3.63, 3.8) is 0 Å². The summed E-state index contributed by atoms with van der Waals surface area (Å²) in [6.07, 6.45) is 2.32. The monoisotopic (exact) mass is 333 g/mol. The lowest BCUT2D eigenvalue weighted by molar-refractivity contribution is 0.410. The number of anilines is 1. The molecule has 2 nitrogen and oxygen atoms in total. The zero-order valence-corrected chi connectivity index (χ0v) is 13.5. The van der Waals surface area contributed by atoms with Crippen LogP contribution in [0.3, 0.4) is 0 Å². The minimum Gasteiger partial charge on any atom is -0.496 e. The molecule has 3 heteroatoms. The van der Waals surface area contributed by atoms with Crippen LogP contribution in [-0.2, 0) is 13.0 Å². The van der Waals surface area contributed by atoms with Gasteiger partial charge in [0.15, 0.2) is 0 Å². The van der Waals surface area contributed by atoms with E-state index in [0.29, 0.717) is 0 Å². The minimum atomic E-state index is 0.746. The molecule has 2 aromatic carbocycles. The Morgan fingerprint density at radius 2 is 1.85 bits per heavy atom. The van der Waals surface area contributed by atoms with Crippen LogP contribution in [0.5, 0.6) is 5.75 Å². The largest absolute Gasteiger partial charge is 0.496 e. The Kier molecular flexibility index (Phi) is 5.48. The summed E-state index contributed by atoms with van der Waals surface area (Å²) in [5, 5.41) is 3.43. The number of methoxy groups -OCH3 is 1. The fourth-order valence-electron chi connectivity index (χ4n) is 2.16. The number of rotatable bonds is 6. The smallest absolute Gasteiger partial charge is 0.123 e. The van der Waals surface area contributed by atoms with Gasteiger partial charge in [-0.25, -0.2) is 0 Å². The molecule has 0 saturated carbocycles. The van der Waals surface area contributed by atoms with Crippen LogP contribution in [0.1, 0.15) is 24.5 Å². The molecular formula is C17H20BrNO. The molecule has 0 radical (unpaired) electrons. The van der Waals surface area contributed by atoms with Crippen LogP contribution in [0.15, 0.2) is 46.9 Å². The quantitative estimate of drug-likeness (QED) is 0.801. The summed E-state index contributed by atoms with van der Waals surface area (Å²) in [4.78, 5) is 0. The fourth-order valence-corrected chi connectivity index (χ4v) is 2.57. The van der Waals surface area contributed by atoms with E-state index in [1.54, 1.807) is 7.11 Å². The van der Waals surface area contributed by atoms with Gasteiger partial charge < -0.3 is 10.1 Å². The first-order valence-corrected chi connectivity index (χ1v) is 7.67. The molecule has 106 valence electrons. The van der Waals surface area contributed by atoms with Crippen molar-refractivity contribution in [1.82, 2.24) is 0 Å². The highest BCUT2D eigenvalue weighted by Gasteiger charge is 2.03. The molecule has 0 atom stereocenters. The minimum absolute atomic E-state index is 0.746. The number of hydrogen-bond donors (Lipinski definition) is 1. The lowest BCUT2D eigenvalue weighted by Crippen LogP contribution is -2.01. The number of benzene rings is 2. The molecule has 2 aromatic rings. The molecule has 0 fully saturated rings. The molecule has 0 aliphatic rings. The Hall–Kier alpha value is -1.48. The number of nitrogens with one attached hydrogen (secondary N) is 1. The van der Waals surface area contributed by atoms with E-state index in [0.717, 1.165) is 34.4 Å². The zero-order chi connectivity index (χ0) is 14.4. The third-order valence-electron chi connectivity index (χ3n) is 3.22. The number of hydrogen-bond acceptors (Lipinski definition) is 2. The second kappa shape index (κ2) is 7.34. The Morgan fingerprint density at radius 3 is 2.50 bits per heavy atom. The number of halogens is 1. The first kappa shape index (κ1) is 14.9. The standard InChI is InChI=1S/C17H20BrNO/c1-3-4-13-5-8-16(9-6-13)19-12-14-11-15(18)7-10-17(14)20-2/h5-11,19H,3-4,12H2,1-2H3. The molecule has 1 N–H and O–H groups in total. The van der Waals surface area contributed by atoms with E-state index in [1.807, 2.05) is 12.1 Å². The maximum Gasteiger partial charge on any atom is 0.123 e. The Morgan fingerprint density at radius 1 is 1.10 bits per heavy atom. The van der Waals surface area contributed by atoms with Crippen molar-refractivity contribution in [2.75, 3.05) is 12.4 Å². The lowest BCUT2D eigenvalue weighted by atomic mass is 10.1. The summed E-state index contributed by atoms with van der Waals surface area (Å²) in [6, 6.07) is 14.7. The van der Waals surface area contributed by atoms with Gasteiger partial charge in [-0.3, -0.25) is 0 Å². The Labute approximate surface area is 129 Å². The van der Waals surface area contributed by atoms with Gasteiger partial charge >= 0.3 is 0 Å². The van der Waals surface area contributed by atoms with Crippen molar-refractivity contribution in [2.24, 2.45) is 0 Å². The second-order valence-electron chi connectivity index (χ2n) is 4.76. The third kappa shape index (κ3) is 4.01. The average Bonchev–Trinajstić information content (AvgIpc) is 2.47. The molecule has 0 unspecified atom stereocenters. The molecule has 2 rings (SSSR count). The van der Waals surface area contributed by atoms with Gasteiger partial charge in [0.2, 0.25) is 0 Å². The van der Waals surface area contributed by atoms with E-state index in [1.165, 1.54) is 12.0 Å². The van der Waals surface area contributed by atoms with Crippen LogP contribution < -0.4 is 10.1 Å².